The summed E-state index contributed by atoms with van der Waals surface area (Å²) in [5.74, 6) is -1.45. The lowest BCUT2D eigenvalue weighted by Crippen LogP contribution is -2.21. The van der Waals surface area contributed by atoms with Crippen LogP contribution in [0.1, 0.15) is 5.56 Å². The number of methoxy groups -OCH3 is 1. The van der Waals surface area contributed by atoms with Gasteiger partial charge in [-0.1, -0.05) is 28.1 Å². The molecule has 118 valence electrons. The average Bonchev–Trinajstić information content (AvgIpc) is 2.56. The van der Waals surface area contributed by atoms with E-state index in [9.17, 15) is 14.7 Å². The number of nitrogens with one attached hydrogen (secondary N) is 1. The van der Waals surface area contributed by atoms with Gasteiger partial charge in [0.2, 0.25) is 5.78 Å². The zero-order chi connectivity index (χ0) is 16.8. The van der Waals surface area contributed by atoms with Crippen LogP contribution in [0.3, 0.4) is 0 Å². The third-order valence-electron chi connectivity index (χ3n) is 2.96. The lowest BCUT2D eigenvalue weighted by atomic mass is 10.1. The molecule has 0 aliphatic carbocycles. The molecule has 2 rings (SSSR count). The molecule has 0 aromatic heterocycles. The number of ether oxygens (including phenoxy) is 1. The molecule has 0 heterocycles. The standard InChI is InChI=1S/C17H14BrNO4/c1-23-14-4-2-3-11(9-14)15(20)10-16(21)17(22)19-13-7-5-12(18)6-8-13/h2-10,20H,1H3,(H,19,22)/b15-10-. The lowest BCUT2D eigenvalue weighted by molar-refractivity contribution is -0.131. The largest absolute Gasteiger partial charge is 0.507 e. The van der Waals surface area contributed by atoms with Gasteiger partial charge in [0.1, 0.15) is 11.5 Å². The molecular formula is C17H14BrNO4. The average molecular weight is 376 g/mol. The molecule has 0 aliphatic heterocycles. The van der Waals surface area contributed by atoms with Crippen LogP contribution >= 0.6 is 15.9 Å². The van der Waals surface area contributed by atoms with E-state index in [1.165, 1.54) is 7.11 Å². The van der Waals surface area contributed by atoms with Crippen molar-refractivity contribution in [3.8, 4) is 5.75 Å². The maximum Gasteiger partial charge on any atom is 0.296 e. The molecule has 0 radical (unpaired) electrons. The molecule has 0 saturated carbocycles. The molecule has 0 aliphatic rings. The molecule has 0 saturated heterocycles. The molecule has 1 amide bonds. The molecule has 0 atom stereocenters. The number of amides is 1. The summed E-state index contributed by atoms with van der Waals surface area (Å²) >= 11 is 3.28. The fourth-order valence-corrected chi connectivity index (χ4v) is 2.05. The minimum atomic E-state index is -0.853. The Kier molecular flexibility index (Phi) is 5.54. The Balaban J connectivity index is 2.09. The Hall–Kier alpha value is -2.60. The number of halogens is 1. The molecule has 2 N–H and O–H groups in total. The number of anilines is 1. The summed E-state index contributed by atoms with van der Waals surface area (Å²) in [7, 11) is 1.50. The second kappa shape index (κ2) is 7.60. The Morgan fingerprint density at radius 2 is 1.87 bits per heavy atom. The second-order valence-corrected chi connectivity index (χ2v) is 5.50. The van der Waals surface area contributed by atoms with Gasteiger partial charge in [0.15, 0.2) is 0 Å². The maximum absolute atomic E-state index is 11.9. The Morgan fingerprint density at radius 3 is 2.52 bits per heavy atom. The van der Waals surface area contributed by atoms with Crippen LogP contribution in [0.5, 0.6) is 5.75 Å². The van der Waals surface area contributed by atoms with Gasteiger partial charge in [-0.25, -0.2) is 0 Å². The predicted molar refractivity (Wildman–Crippen MR) is 91.4 cm³/mol. The molecule has 5 nitrogen and oxygen atoms in total. The number of hydrogen-bond acceptors (Lipinski definition) is 4. The van der Waals surface area contributed by atoms with Crippen molar-refractivity contribution in [2.24, 2.45) is 0 Å². The highest BCUT2D eigenvalue weighted by molar-refractivity contribution is 9.10. The first-order valence-corrected chi connectivity index (χ1v) is 7.45. The number of benzene rings is 2. The van der Waals surface area contributed by atoms with Crippen LogP contribution in [0.4, 0.5) is 5.69 Å². The molecule has 23 heavy (non-hydrogen) atoms. The highest BCUT2D eigenvalue weighted by Crippen LogP contribution is 2.18. The SMILES string of the molecule is COc1cccc(/C(O)=C/C(=O)C(=O)Nc2ccc(Br)cc2)c1. The summed E-state index contributed by atoms with van der Waals surface area (Å²) in [4.78, 5) is 23.7. The van der Waals surface area contributed by atoms with Crippen molar-refractivity contribution in [2.75, 3.05) is 12.4 Å². The fourth-order valence-electron chi connectivity index (χ4n) is 1.78. The van der Waals surface area contributed by atoms with Gasteiger partial charge in [-0.15, -0.1) is 0 Å². The predicted octanol–water partition coefficient (Wildman–Crippen LogP) is 3.56. The van der Waals surface area contributed by atoms with Crippen molar-refractivity contribution in [1.29, 1.82) is 0 Å². The summed E-state index contributed by atoms with van der Waals surface area (Å²) in [6.45, 7) is 0. The first kappa shape index (κ1) is 16.8. The molecule has 6 heteroatoms. The van der Waals surface area contributed by atoms with E-state index in [0.717, 1.165) is 10.5 Å². The Morgan fingerprint density at radius 1 is 1.17 bits per heavy atom. The number of rotatable bonds is 5. The lowest BCUT2D eigenvalue weighted by Gasteiger charge is -2.05. The van der Waals surface area contributed by atoms with Crippen LogP contribution in [0.25, 0.3) is 5.76 Å². The van der Waals surface area contributed by atoms with Crippen LogP contribution in [0, 0.1) is 0 Å². The molecule has 2 aromatic carbocycles. The molecule has 0 bridgehead atoms. The molecule has 0 unspecified atom stereocenters. The van der Waals surface area contributed by atoms with E-state index in [2.05, 4.69) is 21.2 Å². The zero-order valence-electron chi connectivity index (χ0n) is 12.2. The Labute approximate surface area is 141 Å². The zero-order valence-corrected chi connectivity index (χ0v) is 13.8. The van der Waals surface area contributed by atoms with Crippen molar-refractivity contribution in [3.05, 3.63) is 64.6 Å². The summed E-state index contributed by atoms with van der Waals surface area (Å²) in [6, 6.07) is 13.3. The second-order valence-electron chi connectivity index (χ2n) is 4.59. The van der Waals surface area contributed by atoms with Gasteiger partial charge in [0.05, 0.1) is 7.11 Å². The Bertz CT molecular complexity index is 753. The van der Waals surface area contributed by atoms with E-state index in [4.69, 9.17) is 4.74 Å². The molecule has 0 spiro atoms. The number of carbonyl (C=O) groups excluding carboxylic acids is 2. The van der Waals surface area contributed by atoms with Crippen molar-refractivity contribution in [1.82, 2.24) is 0 Å². The first-order chi connectivity index (χ1) is 11.0. The number of hydrogen-bond donors (Lipinski definition) is 2. The van der Waals surface area contributed by atoms with Crippen molar-refractivity contribution < 1.29 is 19.4 Å². The van der Waals surface area contributed by atoms with E-state index in [1.54, 1.807) is 48.5 Å². The normalized spacial score (nSPS) is 11.0. The summed E-state index contributed by atoms with van der Waals surface area (Å²) in [5.41, 5.74) is 0.870. The van der Waals surface area contributed by atoms with Crippen LogP contribution in [0.2, 0.25) is 0 Å². The summed E-state index contributed by atoms with van der Waals surface area (Å²) in [6.07, 6.45) is 0.878. The molecule has 0 fully saturated rings. The highest BCUT2D eigenvalue weighted by Gasteiger charge is 2.13. The quantitative estimate of drug-likeness (QED) is 0.475. The van der Waals surface area contributed by atoms with E-state index in [0.29, 0.717) is 17.0 Å². The van der Waals surface area contributed by atoms with Crippen LogP contribution in [0.15, 0.2) is 59.1 Å². The van der Waals surface area contributed by atoms with Gasteiger partial charge >= 0.3 is 0 Å². The third-order valence-corrected chi connectivity index (χ3v) is 3.49. The van der Waals surface area contributed by atoms with E-state index < -0.39 is 11.7 Å². The molecular weight excluding hydrogens is 362 g/mol. The minimum absolute atomic E-state index is 0.306. The third kappa shape index (κ3) is 4.69. The molecule has 2 aromatic rings. The van der Waals surface area contributed by atoms with Crippen LogP contribution in [-0.4, -0.2) is 23.9 Å². The number of aliphatic hydroxyl groups is 1. The van der Waals surface area contributed by atoms with Gasteiger partial charge in [-0.2, -0.15) is 0 Å². The number of ketones is 1. The maximum atomic E-state index is 11.9. The van der Waals surface area contributed by atoms with Gasteiger partial charge in [0, 0.05) is 21.8 Å². The monoisotopic (exact) mass is 375 g/mol. The summed E-state index contributed by atoms with van der Waals surface area (Å²) in [5, 5.41) is 12.4. The van der Waals surface area contributed by atoms with Gasteiger partial charge in [0.25, 0.3) is 5.91 Å². The number of carbonyl (C=O) groups is 2. The van der Waals surface area contributed by atoms with Crippen LogP contribution < -0.4 is 10.1 Å². The minimum Gasteiger partial charge on any atom is -0.507 e. The number of aliphatic hydroxyl groups excluding tert-OH is 1. The van der Waals surface area contributed by atoms with Crippen molar-refractivity contribution >= 4 is 39.1 Å². The van der Waals surface area contributed by atoms with Crippen molar-refractivity contribution in [3.63, 3.8) is 0 Å². The van der Waals surface area contributed by atoms with Crippen LogP contribution in [-0.2, 0) is 9.59 Å². The van der Waals surface area contributed by atoms with Gasteiger partial charge < -0.3 is 15.2 Å². The smallest absolute Gasteiger partial charge is 0.296 e. The van der Waals surface area contributed by atoms with Gasteiger partial charge in [-0.3, -0.25) is 9.59 Å². The van der Waals surface area contributed by atoms with Crippen molar-refractivity contribution in [2.45, 2.75) is 0 Å². The topological polar surface area (TPSA) is 75.6 Å². The first-order valence-electron chi connectivity index (χ1n) is 6.65. The van der Waals surface area contributed by atoms with E-state index >= 15 is 0 Å². The highest BCUT2D eigenvalue weighted by atomic mass is 79.9. The van der Waals surface area contributed by atoms with E-state index in [1.807, 2.05) is 0 Å². The summed E-state index contributed by atoms with van der Waals surface area (Å²) < 4.78 is 5.90. The fraction of sp³-hybridized carbons (Fsp3) is 0.0588. The van der Waals surface area contributed by atoms with E-state index in [-0.39, 0.29) is 5.76 Å². The van der Waals surface area contributed by atoms with Gasteiger partial charge in [-0.05, 0) is 36.4 Å².